The van der Waals surface area contributed by atoms with Crippen LogP contribution < -0.4 is 5.32 Å². The molecular formula is C19H36IN3O3S. The summed E-state index contributed by atoms with van der Waals surface area (Å²) in [4.78, 5) is 7.06. The second kappa shape index (κ2) is 10.6. The number of nitrogens with one attached hydrogen (secondary N) is 1. The lowest BCUT2D eigenvalue weighted by molar-refractivity contribution is 0.0646. The van der Waals surface area contributed by atoms with Crippen molar-refractivity contribution in [1.29, 1.82) is 0 Å². The number of hydrogen-bond acceptors (Lipinski definition) is 4. The summed E-state index contributed by atoms with van der Waals surface area (Å²) >= 11 is 0. The van der Waals surface area contributed by atoms with Crippen molar-refractivity contribution >= 4 is 39.8 Å². The lowest BCUT2D eigenvalue weighted by Gasteiger charge is -2.45. The first-order chi connectivity index (χ1) is 12.6. The van der Waals surface area contributed by atoms with Gasteiger partial charge in [0.15, 0.2) is 15.8 Å². The van der Waals surface area contributed by atoms with E-state index in [1.165, 1.54) is 0 Å². The summed E-state index contributed by atoms with van der Waals surface area (Å²) in [5.41, 5.74) is 0. The highest BCUT2D eigenvalue weighted by molar-refractivity contribution is 14.0. The van der Waals surface area contributed by atoms with E-state index in [0.717, 1.165) is 83.6 Å². The van der Waals surface area contributed by atoms with Crippen LogP contribution in [0.2, 0.25) is 0 Å². The minimum Gasteiger partial charge on any atom is -0.381 e. The minimum absolute atomic E-state index is 0. The topological polar surface area (TPSA) is 71.0 Å². The van der Waals surface area contributed by atoms with E-state index in [4.69, 9.17) is 9.73 Å². The van der Waals surface area contributed by atoms with Gasteiger partial charge in [0.05, 0.1) is 10.5 Å². The van der Waals surface area contributed by atoms with E-state index in [1.54, 1.807) is 0 Å². The summed E-state index contributed by atoms with van der Waals surface area (Å²) < 4.78 is 30.5. The molecule has 1 spiro atoms. The molecule has 3 fully saturated rings. The van der Waals surface area contributed by atoms with E-state index in [1.807, 2.05) is 0 Å². The Hall–Kier alpha value is -0.0900. The van der Waals surface area contributed by atoms with E-state index >= 15 is 0 Å². The molecule has 0 radical (unpaired) electrons. The van der Waals surface area contributed by atoms with Crippen LogP contribution in [0.25, 0.3) is 0 Å². The van der Waals surface area contributed by atoms with Crippen molar-refractivity contribution < 1.29 is 13.2 Å². The van der Waals surface area contributed by atoms with Crippen LogP contribution >= 0.6 is 24.0 Å². The highest BCUT2D eigenvalue weighted by atomic mass is 127. The molecule has 1 aliphatic carbocycles. The minimum atomic E-state index is -3.00. The van der Waals surface area contributed by atoms with E-state index in [-0.39, 0.29) is 29.7 Å². The van der Waals surface area contributed by atoms with Crippen LogP contribution in [0.15, 0.2) is 4.99 Å². The molecule has 27 heavy (non-hydrogen) atoms. The number of guanidine groups is 1. The van der Waals surface area contributed by atoms with Gasteiger partial charge in [-0.25, -0.2) is 8.42 Å². The Morgan fingerprint density at radius 2 is 1.93 bits per heavy atom. The van der Waals surface area contributed by atoms with Gasteiger partial charge in [0, 0.05) is 39.4 Å². The molecule has 0 aromatic carbocycles. The summed E-state index contributed by atoms with van der Waals surface area (Å²) in [6.45, 7) is 6.62. The lowest BCUT2D eigenvalue weighted by atomic mass is 9.87. The van der Waals surface area contributed by atoms with Crippen molar-refractivity contribution in [2.75, 3.05) is 45.1 Å². The second-order valence-electron chi connectivity index (χ2n) is 8.06. The van der Waals surface area contributed by atoms with Gasteiger partial charge < -0.3 is 15.0 Å². The molecule has 158 valence electrons. The molecule has 0 aromatic rings. The molecule has 1 N–H and O–H groups in total. The molecule has 2 saturated heterocycles. The zero-order valence-electron chi connectivity index (χ0n) is 16.6. The molecule has 0 bridgehead atoms. The maximum absolute atomic E-state index is 12.8. The molecule has 3 aliphatic rings. The third kappa shape index (κ3) is 5.72. The number of hydrogen-bond donors (Lipinski definition) is 1. The van der Waals surface area contributed by atoms with Crippen molar-refractivity contribution in [3.05, 3.63) is 0 Å². The summed E-state index contributed by atoms with van der Waals surface area (Å²) in [6, 6.07) is 0. The zero-order valence-corrected chi connectivity index (χ0v) is 19.8. The average molecular weight is 513 g/mol. The highest BCUT2D eigenvalue weighted by Gasteiger charge is 2.48. The van der Waals surface area contributed by atoms with Gasteiger partial charge in [0.25, 0.3) is 0 Å². The van der Waals surface area contributed by atoms with Crippen molar-refractivity contribution in [2.45, 2.75) is 63.0 Å². The first-order valence-electron chi connectivity index (χ1n) is 10.4. The summed E-state index contributed by atoms with van der Waals surface area (Å²) in [6.07, 6.45) is 8.22. The number of aliphatic imine (C=N–C) groups is 1. The number of sulfone groups is 1. The molecule has 0 amide bonds. The number of rotatable bonds is 4. The first kappa shape index (κ1) is 23.2. The van der Waals surface area contributed by atoms with Crippen LogP contribution in [0.1, 0.15) is 58.3 Å². The van der Waals surface area contributed by atoms with Gasteiger partial charge in [-0.05, 0) is 44.9 Å². The van der Waals surface area contributed by atoms with Gasteiger partial charge in [-0.15, -0.1) is 24.0 Å². The molecule has 0 atom stereocenters. The predicted molar refractivity (Wildman–Crippen MR) is 121 cm³/mol. The molecule has 2 heterocycles. The molecule has 8 heteroatoms. The van der Waals surface area contributed by atoms with Gasteiger partial charge in [-0.1, -0.05) is 19.3 Å². The van der Waals surface area contributed by atoms with Gasteiger partial charge in [0.2, 0.25) is 0 Å². The smallest absolute Gasteiger partial charge is 0.193 e. The lowest BCUT2D eigenvalue weighted by Crippen LogP contribution is -2.60. The molecule has 2 aliphatic heterocycles. The van der Waals surface area contributed by atoms with Crippen molar-refractivity contribution in [3.8, 4) is 0 Å². The normalized spacial score (nSPS) is 25.8. The second-order valence-corrected chi connectivity index (χ2v) is 10.6. The third-order valence-electron chi connectivity index (χ3n) is 6.31. The van der Waals surface area contributed by atoms with Crippen LogP contribution in [-0.2, 0) is 14.6 Å². The molecule has 6 nitrogen and oxygen atoms in total. The Balaban J connectivity index is 0.00000261. The fourth-order valence-corrected chi connectivity index (χ4v) is 6.79. The van der Waals surface area contributed by atoms with Gasteiger partial charge in [-0.2, -0.15) is 0 Å². The van der Waals surface area contributed by atoms with Crippen molar-refractivity contribution in [2.24, 2.45) is 10.9 Å². The molecule has 0 unspecified atom stereocenters. The number of nitrogens with zero attached hydrogens (tertiary/aromatic N) is 2. The van der Waals surface area contributed by atoms with Gasteiger partial charge >= 0.3 is 0 Å². The average Bonchev–Trinajstić information content (AvgIpc) is 2.65. The van der Waals surface area contributed by atoms with Crippen LogP contribution in [0.4, 0.5) is 0 Å². The molecular weight excluding hydrogens is 477 g/mol. The molecule has 3 rings (SSSR count). The summed E-state index contributed by atoms with van der Waals surface area (Å²) in [7, 11) is -3.00. The fourth-order valence-electron chi connectivity index (χ4n) is 4.63. The van der Waals surface area contributed by atoms with Gasteiger partial charge in [0.1, 0.15) is 0 Å². The third-order valence-corrected chi connectivity index (χ3v) is 8.88. The summed E-state index contributed by atoms with van der Waals surface area (Å²) in [5, 5.41) is 3.40. The first-order valence-corrected chi connectivity index (χ1v) is 12.0. The predicted octanol–water partition coefficient (Wildman–Crippen LogP) is 2.82. The van der Waals surface area contributed by atoms with Gasteiger partial charge in [-0.3, -0.25) is 4.99 Å². The number of halogens is 1. The van der Waals surface area contributed by atoms with E-state index < -0.39 is 14.6 Å². The maximum Gasteiger partial charge on any atom is 0.193 e. The fraction of sp³-hybridized carbons (Fsp3) is 0.947. The standard InChI is InChI=1S/C19H35N3O3S.HI/c1-2-20-18(21-11-6-17-7-13-25-14-8-17)22-12-15-26(23,24)19(16-22)9-4-3-5-10-19;/h17H,2-16H2,1H3,(H,20,21);1H. The van der Waals surface area contributed by atoms with Crippen LogP contribution in [0.3, 0.4) is 0 Å². The quantitative estimate of drug-likeness (QED) is 0.356. The largest absolute Gasteiger partial charge is 0.381 e. The SMILES string of the molecule is CCNC(=NCCC1CCOCC1)N1CCS(=O)(=O)C2(CCCCC2)C1.I. The Morgan fingerprint density at radius 3 is 2.59 bits per heavy atom. The van der Waals surface area contributed by atoms with Crippen molar-refractivity contribution in [1.82, 2.24) is 10.2 Å². The van der Waals surface area contributed by atoms with Crippen LogP contribution in [0, 0.1) is 5.92 Å². The highest BCUT2D eigenvalue weighted by Crippen LogP contribution is 2.38. The van der Waals surface area contributed by atoms with E-state index in [9.17, 15) is 8.42 Å². The Kier molecular flexibility index (Phi) is 9.12. The van der Waals surface area contributed by atoms with E-state index in [0.29, 0.717) is 19.0 Å². The Labute approximate surface area is 181 Å². The number of ether oxygens (including phenoxy) is 1. The maximum atomic E-state index is 12.8. The monoisotopic (exact) mass is 513 g/mol. The zero-order chi connectivity index (χ0) is 18.5. The molecule has 0 aromatic heterocycles. The van der Waals surface area contributed by atoms with Crippen LogP contribution in [0.5, 0.6) is 0 Å². The Morgan fingerprint density at radius 1 is 1.22 bits per heavy atom. The van der Waals surface area contributed by atoms with Crippen LogP contribution in [-0.4, -0.2) is 69.2 Å². The Bertz CT molecular complexity index is 585. The van der Waals surface area contributed by atoms with E-state index in [2.05, 4.69) is 17.1 Å². The molecule has 1 saturated carbocycles. The summed E-state index contributed by atoms with van der Waals surface area (Å²) in [5.74, 6) is 1.87. The van der Waals surface area contributed by atoms with Crippen molar-refractivity contribution in [3.63, 3.8) is 0 Å².